The van der Waals surface area contributed by atoms with Crippen LogP contribution in [-0.2, 0) is 6.18 Å². The summed E-state index contributed by atoms with van der Waals surface area (Å²) in [5.41, 5.74) is -1.67. The second-order valence-corrected chi connectivity index (χ2v) is 1.72. The Morgan fingerprint density at radius 3 is 2.00 bits per heavy atom. The van der Waals surface area contributed by atoms with Gasteiger partial charge in [0.05, 0.1) is 11.0 Å². The Kier molecular flexibility index (Phi) is 0.889. The van der Waals surface area contributed by atoms with E-state index in [1.807, 2.05) is 0 Å². The van der Waals surface area contributed by atoms with Crippen LogP contribution < -0.4 is 0 Å². The van der Waals surface area contributed by atoms with Crippen molar-refractivity contribution in [3.63, 3.8) is 0 Å². The van der Waals surface area contributed by atoms with E-state index in [4.69, 9.17) is 10.6 Å². The third-order valence-corrected chi connectivity index (χ3v) is 0.895. The summed E-state index contributed by atoms with van der Waals surface area (Å²) in [6, 6.07) is -4.77. The van der Waals surface area contributed by atoms with Crippen LogP contribution in [0.5, 0.6) is 5.75 Å². The SMILES string of the molecule is [2H]c1c([2H])c(C(F)(F)F)c([2H])c([2H])c1O. The van der Waals surface area contributed by atoms with Gasteiger partial charge in [-0.15, -0.1) is 0 Å². The van der Waals surface area contributed by atoms with Crippen molar-refractivity contribution in [2.24, 2.45) is 0 Å². The van der Waals surface area contributed by atoms with Gasteiger partial charge in [-0.2, -0.15) is 13.2 Å². The number of halogens is 3. The van der Waals surface area contributed by atoms with Crippen LogP contribution in [0.25, 0.3) is 0 Å². The second-order valence-electron chi connectivity index (χ2n) is 1.72. The van der Waals surface area contributed by atoms with Gasteiger partial charge >= 0.3 is 6.18 Å². The molecule has 0 spiro atoms. The van der Waals surface area contributed by atoms with Gasteiger partial charge in [0, 0.05) is 0 Å². The molecule has 0 amide bonds. The number of aromatic hydroxyl groups is 1. The maximum absolute atomic E-state index is 12.3. The summed E-state index contributed by atoms with van der Waals surface area (Å²) < 4.78 is 64.8. The summed E-state index contributed by atoms with van der Waals surface area (Å²) in [6.07, 6.45) is -4.98. The lowest BCUT2D eigenvalue weighted by molar-refractivity contribution is -0.137. The van der Waals surface area contributed by atoms with E-state index < -0.39 is 41.7 Å². The highest BCUT2D eigenvalue weighted by molar-refractivity contribution is 5.27. The molecule has 1 N–H and O–H groups in total. The Morgan fingerprint density at radius 1 is 1.18 bits per heavy atom. The van der Waals surface area contributed by atoms with Gasteiger partial charge in [-0.05, 0) is 24.2 Å². The molecule has 1 nitrogen and oxygen atoms in total. The molecule has 60 valence electrons. The first-order valence-corrected chi connectivity index (χ1v) is 2.54. The van der Waals surface area contributed by atoms with Gasteiger partial charge in [0.2, 0.25) is 0 Å². The number of benzene rings is 1. The molecule has 1 aromatic rings. The van der Waals surface area contributed by atoms with Crippen molar-refractivity contribution < 1.29 is 23.8 Å². The summed E-state index contributed by atoms with van der Waals surface area (Å²) in [4.78, 5) is 0. The van der Waals surface area contributed by atoms with E-state index in [9.17, 15) is 13.2 Å². The number of hydrogen-bond donors (Lipinski definition) is 1. The number of alkyl halides is 3. The average Bonchev–Trinajstić information content (AvgIpc) is 2.09. The maximum atomic E-state index is 12.3. The van der Waals surface area contributed by atoms with Gasteiger partial charge in [-0.1, -0.05) is 0 Å². The van der Waals surface area contributed by atoms with Gasteiger partial charge in [0.1, 0.15) is 5.75 Å². The molecule has 0 unspecified atom stereocenters. The monoisotopic (exact) mass is 166 g/mol. The fourth-order valence-electron chi connectivity index (χ4n) is 0.448. The van der Waals surface area contributed by atoms with E-state index in [1.54, 1.807) is 0 Å². The molecule has 0 saturated heterocycles. The van der Waals surface area contributed by atoms with Crippen LogP contribution in [0.15, 0.2) is 24.2 Å². The Balaban J connectivity index is 3.68. The second kappa shape index (κ2) is 2.45. The minimum atomic E-state index is -4.98. The number of hydrogen-bond acceptors (Lipinski definition) is 1. The van der Waals surface area contributed by atoms with Gasteiger partial charge in [-0.3, -0.25) is 0 Å². The van der Waals surface area contributed by atoms with Crippen LogP contribution in [-0.4, -0.2) is 5.11 Å². The molecule has 0 aliphatic rings. The molecule has 0 heterocycles. The van der Waals surface area contributed by atoms with Crippen LogP contribution in [0.4, 0.5) is 13.2 Å². The Bertz CT molecular complexity index is 387. The fourth-order valence-corrected chi connectivity index (χ4v) is 0.448. The summed E-state index contributed by atoms with van der Waals surface area (Å²) in [6.45, 7) is 0. The maximum Gasteiger partial charge on any atom is 0.416 e. The predicted octanol–water partition coefficient (Wildman–Crippen LogP) is 2.41. The fraction of sp³-hybridized carbons (Fsp3) is 0.143. The van der Waals surface area contributed by atoms with Crippen molar-refractivity contribution >= 4 is 0 Å². The van der Waals surface area contributed by atoms with Crippen molar-refractivity contribution in [3.05, 3.63) is 29.7 Å². The summed E-state index contributed by atoms with van der Waals surface area (Å²) in [5.74, 6) is -1.09. The molecular formula is C7H5F3O. The Hall–Kier alpha value is -1.19. The zero-order valence-electron chi connectivity index (χ0n) is 9.08. The van der Waals surface area contributed by atoms with Gasteiger partial charge in [0.15, 0.2) is 0 Å². The quantitative estimate of drug-likeness (QED) is 0.627. The number of phenols is 1. The number of phenolic OH excluding ortho intramolecular Hbond substituents is 1. The lowest BCUT2D eigenvalue weighted by atomic mass is 10.2. The molecule has 0 fully saturated rings. The van der Waals surface area contributed by atoms with Crippen molar-refractivity contribution in [3.8, 4) is 5.75 Å². The molecule has 0 aliphatic carbocycles. The minimum absolute atomic E-state index is 1.09. The van der Waals surface area contributed by atoms with Crippen molar-refractivity contribution in [2.75, 3.05) is 0 Å². The standard InChI is InChI=1S/C7H5F3O/c8-7(9,10)5-1-3-6(11)4-2-5/h1-4,11H/i1D,2D,3D,4D. The largest absolute Gasteiger partial charge is 0.508 e. The Labute approximate surface area is 66.7 Å². The highest BCUT2D eigenvalue weighted by Gasteiger charge is 2.29. The zero-order valence-corrected chi connectivity index (χ0v) is 5.08. The highest BCUT2D eigenvalue weighted by Crippen LogP contribution is 2.29. The first-order valence-electron chi connectivity index (χ1n) is 4.54. The van der Waals surface area contributed by atoms with E-state index >= 15 is 0 Å². The first-order chi connectivity index (χ1) is 6.68. The van der Waals surface area contributed by atoms with Gasteiger partial charge in [0.25, 0.3) is 0 Å². The third-order valence-electron chi connectivity index (χ3n) is 0.895. The summed E-state index contributed by atoms with van der Waals surface area (Å²) in [7, 11) is 0. The molecule has 0 aliphatic heterocycles. The third kappa shape index (κ3) is 1.86. The van der Waals surface area contributed by atoms with Crippen molar-refractivity contribution in [1.82, 2.24) is 0 Å². The molecule has 1 aromatic carbocycles. The van der Waals surface area contributed by atoms with Crippen LogP contribution >= 0.6 is 0 Å². The molecule has 0 radical (unpaired) electrons. The zero-order chi connectivity index (χ0) is 12.0. The van der Waals surface area contributed by atoms with Gasteiger partial charge in [-0.25, -0.2) is 0 Å². The van der Waals surface area contributed by atoms with E-state index in [-0.39, 0.29) is 0 Å². The molecule has 0 aromatic heterocycles. The molecule has 1 rings (SSSR count). The summed E-state index contributed by atoms with van der Waals surface area (Å²) >= 11 is 0. The van der Waals surface area contributed by atoms with Gasteiger partial charge < -0.3 is 5.11 Å². The van der Waals surface area contributed by atoms with E-state index in [2.05, 4.69) is 0 Å². The van der Waals surface area contributed by atoms with Crippen LogP contribution in [0.1, 0.15) is 11.0 Å². The topological polar surface area (TPSA) is 20.2 Å². The molecule has 11 heavy (non-hydrogen) atoms. The lowest BCUT2D eigenvalue weighted by Crippen LogP contribution is -2.03. The minimum Gasteiger partial charge on any atom is -0.508 e. The lowest BCUT2D eigenvalue weighted by Gasteiger charge is -2.04. The normalized spacial score (nSPS) is 16.6. The van der Waals surface area contributed by atoms with E-state index in [1.165, 1.54) is 0 Å². The first kappa shape index (κ1) is 3.99. The van der Waals surface area contributed by atoms with Crippen LogP contribution in [0, 0.1) is 0 Å². The van der Waals surface area contributed by atoms with Crippen LogP contribution in [0.2, 0.25) is 0 Å². The van der Waals surface area contributed by atoms with Crippen molar-refractivity contribution in [2.45, 2.75) is 6.18 Å². The van der Waals surface area contributed by atoms with Crippen molar-refractivity contribution in [1.29, 1.82) is 0 Å². The molecule has 0 saturated carbocycles. The molecule has 0 atom stereocenters. The molecule has 0 bridgehead atoms. The number of rotatable bonds is 0. The smallest absolute Gasteiger partial charge is 0.416 e. The Morgan fingerprint density at radius 2 is 1.64 bits per heavy atom. The average molecular weight is 166 g/mol. The highest BCUT2D eigenvalue weighted by atomic mass is 19.4. The molecule has 4 heteroatoms. The predicted molar refractivity (Wildman–Crippen MR) is 33.1 cm³/mol. The van der Waals surface area contributed by atoms with Crippen LogP contribution in [0.3, 0.4) is 0 Å². The van der Waals surface area contributed by atoms with E-state index in [0.717, 1.165) is 0 Å². The summed E-state index contributed by atoms with van der Waals surface area (Å²) in [5, 5.41) is 8.98. The molecular weight excluding hydrogens is 157 g/mol. The van der Waals surface area contributed by atoms with E-state index in [0.29, 0.717) is 0 Å².